The van der Waals surface area contributed by atoms with Crippen LogP contribution in [0.5, 0.6) is 0 Å². The lowest BCUT2D eigenvalue weighted by Crippen LogP contribution is -2.05. The molecule has 2 N–H and O–H groups in total. The molecule has 1 aromatic heterocycles. The summed E-state index contributed by atoms with van der Waals surface area (Å²) < 4.78 is 4.90. The molecule has 2 rings (SSSR count). The van der Waals surface area contributed by atoms with Crippen LogP contribution >= 0.6 is 11.6 Å². The number of carboxylic acids is 1. The van der Waals surface area contributed by atoms with E-state index in [0.29, 0.717) is 17.1 Å². The Hall–Kier alpha value is -1.94. The first-order chi connectivity index (χ1) is 8.58. The number of halogens is 1. The van der Waals surface area contributed by atoms with Crippen LogP contribution in [0.25, 0.3) is 0 Å². The number of carboxylic acid groups (broad SMARTS) is 1. The van der Waals surface area contributed by atoms with E-state index in [4.69, 9.17) is 21.1 Å². The zero-order chi connectivity index (χ0) is 13.1. The molecule has 5 heteroatoms. The number of furan rings is 1. The number of anilines is 1. The monoisotopic (exact) mass is 265 g/mol. The van der Waals surface area contributed by atoms with E-state index in [1.54, 1.807) is 12.1 Å². The minimum absolute atomic E-state index is 0.0332. The summed E-state index contributed by atoms with van der Waals surface area (Å²) >= 11 is 5.86. The van der Waals surface area contributed by atoms with Gasteiger partial charge in [0.2, 0.25) is 5.76 Å². The highest BCUT2D eigenvalue weighted by atomic mass is 35.5. The maximum Gasteiger partial charge on any atom is 0.372 e. The van der Waals surface area contributed by atoms with E-state index in [1.807, 2.05) is 19.1 Å². The third-order valence-electron chi connectivity index (χ3n) is 2.60. The van der Waals surface area contributed by atoms with Gasteiger partial charge in [-0.25, -0.2) is 4.79 Å². The standard InChI is InChI=1S/C13H12ClNO3/c1-8-6-10(14)2-3-11(8)15-7-9-4-5-18-12(9)13(16)17/h2-6,15H,7H2,1H3,(H,16,17). The van der Waals surface area contributed by atoms with Crippen molar-refractivity contribution < 1.29 is 14.3 Å². The molecule has 0 aliphatic carbocycles. The Labute approximate surface area is 109 Å². The van der Waals surface area contributed by atoms with E-state index >= 15 is 0 Å². The molecule has 1 aromatic carbocycles. The van der Waals surface area contributed by atoms with Gasteiger partial charge in [-0.15, -0.1) is 0 Å². The van der Waals surface area contributed by atoms with Gasteiger partial charge >= 0.3 is 5.97 Å². The van der Waals surface area contributed by atoms with Crippen LogP contribution in [-0.2, 0) is 6.54 Å². The zero-order valence-electron chi connectivity index (χ0n) is 9.74. The van der Waals surface area contributed by atoms with Crippen LogP contribution in [0.2, 0.25) is 5.02 Å². The van der Waals surface area contributed by atoms with Gasteiger partial charge in [-0.05, 0) is 36.8 Å². The largest absolute Gasteiger partial charge is 0.475 e. The normalized spacial score (nSPS) is 10.3. The molecule has 0 atom stereocenters. The molecule has 0 unspecified atom stereocenters. The van der Waals surface area contributed by atoms with E-state index < -0.39 is 5.97 Å². The number of hydrogen-bond acceptors (Lipinski definition) is 3. The van der Waals surface area contributed by atoms with Gasteiger partial charge in [0, 0.05) is 22.8 Å². The summed E-state index contributed by atoms with van der Waals surface area (Å²) in [4.78, 5) is 10.9. The van der Waals surface area contributed by atoms with Gasteiger partial charge in [0.15, 0.2) is 0 Å². The first kappa shape index (κ1) is 12.5. The number of nitrogens with one attached hydrogen (secondary N) is 1. The fourth-order valence-electron chi connectivity index (χ4n) is 1.68. The Balaban J connectivity index is 2.11. The predicted octanol–water partition coefficient (Wildman–Crippen LogP) is 3.55. The lowest BCUT2D eigenvalue weighted by atomic mass is 10.2. The summed E-state index contributed by atoms with van der Waals surface area (Å²) in [6, 6.07) is 7.13. The van der Waals surface area contributed by atoms with Crippen LogP contribution in [0, 0.1) is 6.92 Å². The summed E-state index contributed by atoms with van der Waals surface area (Å²) in [7, 11) is 0. The quantitative estimate of drug-likeness (QED) is 0.887. The molecule has 0 fully saturated rings. The number of benzene rings is 1. The van der Waals surface area contributed by atoms with Crippen molar-refractivity contribution in [3.05, 3.63) is 52.4 Å². The number of hydrogen-bond donors (Lipinski definition) is 2. The Morgan fingerprint density at radius 1 is 1.44 bits per heavy atom. The molecule has 1 heterocycles. The molecule has 0 aliphatic rings. The molecule has 0 radical (unpaired) electrons. The SMILES string of the molecule is Cc1cc(Cl)ccc1NCc1ccoc1C(=O)O. The van der Waals surface area contributed by atoms with Crippen molar-refractivity contribution in [3.63, 3.8) is 0 Å². The number of aromatic carboxylic acids is 1. The Morgan fingerprint density at radius 2 is 2.22 bits per heavy atom. The molecular weight excluding hydrogens is 254 g/mol. The van der Waals surface area contributed by atoms with Crippen molar-refractivity contribution in [1.29, 1.82) is 0 Å². The second-order valence-electron chi connectivity index (χ2n) is 3.89. The van der Waals surface area contributed by atoms with E-state index in [0.717, 1.165) is 11.3 Å². The van der Waals surface area contributed by atoms with Gasteiger partial charge in [0.1, 0.15) is 0 Å². The molecule has 0 bridgehead atoms. The van der Waals surface area contributed by atoms with Crippen molar-refractivity contribution in [2.45, 2.75) is 13.5 Å². The van der Waals surface area contributed by atoms with Crippen molar-refractivity contribution in [1.82, 2.24) is 0 Å². The summed E-state index contributed by atoms with van der Waals surface area (Å²) in [5.41, 5.74) is 2.52. The smallest absolute Gasteiger partial charge is 0.372 e. The lowest BCUT2D eigenvalue weighted by Gasteiger charge is -2.09. The molecule has 0 aliphatic heterocycles. The van der Waals surface area contributed by atoms with Gasteiger partial charge in [0.25, 0.3) is 0 Å². The second kappa shape index (κ2) is 5.14. The van der Waals surface area contributed by atoms with Crippen molar-refractivity contribution in [3.8, 4) is 0 Å². The number of rotatable bonds is 4. The van der Waals surface area contributed by atoms with Gasteiger partial charge in [-0.2, -0.15) is 0 Å². The number of carbonyl (C=O) groups is 1. The third kappa shape index (κ3) is 2.65. The molecule has 2 aromatic rings. The molecular formula is C13H12ClNO3. The van der Waals surface area contributed by atoms with Crippen LogP contribution in [0.1, 0.15) is 21.7 Å². The van der Waals surface area contributed by atoms with Gasteiger partial charge in [-0.1, -0.05) is 11.6 Å². The van der Waals surface area contributed by atoms with E-state index in [9.17, 15) is 4.79 Å². The molecule has 18 heavy (non-hydrogen) atoms. The Kier molecular flexibility index (Phi) is 3.58. The minimum atomic E-state index is -1.07. The average Bonchev–Trinajstić information content (AvgIpc) is 2.76. The van der Waals surface area contributed by atoms with Gasteiger partial charge in [0.05, 0.1) is 6.26 Å². The summed E-state index contributed by atoms with van der Waals surface area (Å²) in [5, 5.41) is 12.7. The van der Waals surface area contributed by atoms with E-state index in [-0.39, 0.29) is 5.76 Å². The average molecular weight is 266 g/mol. The van der Waals surface area contributed by atoms with Crippen molar-refractivity contribution >= 4 is 23.3 Å². The van der Waals surface area contributed by atoms with Crippen molar-refractivity contribution in [2.75, 3.05) is 5.32 Å². The highest BCUT2D eigenvalue weighted by molar-refractivity contribution is 6.30. The van der Waals surface area contributed by atoms with Crippen LogP contribution < -0.4 is 5.32 Å². The molecule has 0 amide bonds. The maximum atomic E-state index is 10.9. The first-order valence-electron chi connectivity index (χ1n) is 5.37. The highest BCUT2D eigenvalue weighted by Crippen LogP contribution is 2.21. The van der Waals surface area contributed by atoms with Crippen molar-refractivity contribution in [2.24, 2.45) is 0 Å². The molecule has 0 saturated carbocycles. The summed E-state index contributed by atoms with van der Waals surface area (Å²) in [6.07, 6.45) is 1.37. The van der Waals surface area contributed by atoms with E-state index in [2.05, 4.69) is 5.32 Å². The molecule has 94 valence electrons. The van der Waals surface area contributed by atoms with Crippen LogP contribution in [0.4, 0.5) is 5.69 Å². The van der Waals surface area contributed by atoms with E-state index in [1.165, 1.54) is 6.26 Å². The molecule has 0 saturated heterocycles. The van der Waals surface area contributed by atoms with Crippen LogP contribution in [0.15, 0.2) is 34.9 Å². The maximum absolute atomic E-state index is 10.9. The van der Waals surface area contributed by atoms with Gasteiger partial charge in [-0.3, -0.25) is 0 Å². The first-order valence-corrected chi connectivity index (χ1v) is 5.75. The summed E-state index contributed by atoms with van der Waals surface area (Å²) in [6.45, 7) is 2.32. The highest BCUT2D eigenvalue weighted by Gasteiger charge is 2.13. The topological polar surface area (TPSA) is 62.5 Å². The number of aryl methyl sites for hydroxylation is 1. The zero-order valence-corrected chi connectivity index (χ0v) is 10.5. The van der Waals surface area contributed by atoms with Crippen LogP contribution in [-0.4, -0.2) is 11.1 Å². The van der Waals surface area contributed by atoms with Crippen LogP contribution in [0.3, 0.4) is 0 Å². The molecule has 0 spiro atoms. The second-order valence-corrected chi connectivity index (χ2v) is 4.33. The fraction of sp³-hybridized carbons (Fsp3) is 0.154. The lowest BCUT2D eigenvalue weighted by molar-refractivity contribution is 0.0661. The predicted molar refractivity (Wildman–Crippen MR) is 69.2 cm³/mol. The van der Waals surface area contributed by atoms with Gasteiger partial charge < -0.3 is 14.8 Å². The Morgan fingerprint density at radius 3 is 2.89 bits per heavy atom. The Bertz CT molecular complexity index is 577. The minimum Gasteiger partial charge on any atom is -0.475 e. The fourth-order valence-corrected chi connectivity index (χ4v) is 1.91. The summed E-state index contributed by atoms with van der Waals surface area (Å²) in [5.74, 6) is -1.10. The molecule has 4 nitrogen and oxygen atoms in total. The third-order valence-corrected chi connectivity index (χ3v) is 2.83.